The molecule has 1 aromatic carbocycles. The molecule has 3 aromatic heterocycles. The van der Waals surface area contributed by atoms with E-state index in [0.717, 1.165) is 35.8 Å². The third-order valence-corrected chi connectivity index (χ3v) is 7.75. The number of aromatic nitrogens is 4. The summed E-state index contributed by atoms with van der Waals surface area (Å²) in [6.07, 6.45) is 6.46. The Bertz CT molecular complexity index is 1750. The van der Waals surface area contributed by atoms with Gasteiger partial charge >= 0.3 is 11.7 Å². The Balaban J connectivity index is 1.27. The molecule has 2 atom stereocenters. The van der Waals surface area contributed by atoms with E-state index in [2.05, 4.69) is 11.1 Å². The van der Waals surface area contributed by atoms with Gasteiger partial charge in [-0.2, -0.15) is 4.98 Å². The quantitative estimate of drug-likeness (QED) is 0.326. The summed E-state index contributed by atoms with van der Waals surface area (Å²) < 4.78 is 19.0. The van der Waals surface area contributed by atoms with Gasteiger partial charge in [0.15, 0.2) is 5.65 Å². The molecule has 3 aliphatic heterocycles. The van der Waals surface area contributed by atoms with Crippen molar-refractivity contribution in [1.29, 1.82) is 0 Å². The summed E-state index contributed by atoms with van der Waals surface area (Å²) in [6.45, 7) is 8.12. The van der Waals surface area contributed by atoms with Crippen molar-refractivity contribution in [3.05, 3.63) is 58.9 Å². The number of likely N-dealkylation sites (tertiary alicyclic amines) is 1. The molecule has 7 rings (SSSR count). The average Bonchev–Trinajstić information content (AvgIpc) is 3.65. The van der Waals surface area contributed by atoms with Crippen LogP contribution in [0.25, 0.3) is 33.4 Å². The monoisotopic (exact) mass is 556 g/mol. The highest BCUT2D eigenvalue weighted by Crippen LogP contribution is 2.36. The van der Waals surface area contributed by atoms with Gasteiger partial charge in [0, 0.05) is 55.4 Å². The van der Waals surface area contributed by atoms with E-state index < -0.39 is 5.60 Å². The van der Waals surface area contributed by atoms with Gasteiger partial charge in [-0.05, 0) is 69.9 Å². The molecular weight excluding hydrogens is 524 g/mol. The molecule has 2 fully saturated rings. The lowest BCUT2D eigenvalue weighted by Crippen LogP contribution is -2.36. The van der Waals surface area contributed by atoms with E-state index in [9.17, 15) is 9.59 Å². The maximum Gasteiger partial charge on any atom is 0.410 e. The molecule has 6 heterocycles. The van der Waals surface area contributed by atoms with Crippen LogP contribution in [0.3, 0.4) is 0 Å². The van der Waals surface area contributed by atoms with Crippen LogP contribution >= 0.6 is 0 Å². The molecule has 4 aromatic rings. The normalized spacial score (nSPS) is 21.0. The number of benzene rings is 1. The first kappa shape index (κ1) is 25.7. The van der Waals surface area contributed by atoms with Gasteiger partial charge in [0.2, 0.25) is 5.95 Å². The molecular formula is C30H32N6O5. The van der Waals surface area contributed by atoms with Gasteiger partial charge in [-0.3, -0.25) is 4.57 Å². The summed E-state index contributed by atoms with van der Waals surface area (Å²) in [5.41, 5.74) is 3.68. The molecule has 1 amide bonds. The van der Waals surface area contributed by atoms with E-state index in [1.165, 1.54) is 6.07 Å². The number of anilines is 1. The third-order valence-electron chi connectivity index (χ3n) is 7.75. The van der Waals surface area contributed by atoms with E-state index in [1.54, 1.807) is 23.4 Å². The Morgan fingerprint density at radius 3 is 2.76 bits per heavy atom. The molecule has 3 aliphatic rings. The van der Waals surface area contributed by atoms with Crippen LogP contribution in [0.2, 0.25) is 0 Å². The summed E-state index contributed by atoms with van der Waals surface area (Å²) in [5, 5.41) is 0.797. The Morgan fingerprint density at radius 1 is 1.10 bits per heavy atom. The number of imidazole rings is 1. The highest BCUT2D eigenvalue weighted by Gasteiger charge is 2.38. The van der Waals surface area contributed by atoms with E-state index in [0.29, 0.717) is 54.6 Å². The van der Waals surface area contributed by atoms with Crippen molar-refractivity contribution in [1.82, 2.24) is 24.4 Å². The molecule has 0 radical (unpaired) electrons. The van der Waals surface area contributed by atoms with Crippen LogP contribution in [-0.2, 0) is 9.47 Å². The smallest absolute Gasteiger partial charge is 0.410 e. The molecule has 212 valence electrons. The minimum absolute atomic E-state index is 0.131. The summed E-state index contributed by atoms with van der Waals surface area (Å²) >= 11 is 0. The molecule has 0 aliphatic carbocycles. The summed E-state index contributed by atoms with van der Waals surface area (Å²) in [4.78, 5) is 43.0. The van der Waals surface area contributed by atoms with Crippen LogP contribution in [0.4, 0.5) is 10.7 Å². The van der Waals surface area contributed by atoms with E-state index >= 15 is 0 Å². The minimum Gasteiger partial charge on any atom is -0.444 e. The van der Waals surface area contributed by atoms with Gasteiger partial charge in [0.25, 0.3) is 0 Å². The predicted molar refractivity (Wildman–Crippen MR) is 152 cm³/mol. The fourth-order valence-electron chi connectivity index (χ4n) is 5.82. The van der Waals surface area contributed by atoms with Gasteiger partial charge in [-0.25, -0.2) is 19.6 Å². The van der Waals surface area contributed by atoms with Crippen LogP contribution < -0.4 is 10.5 Å². The van der Waals surface area contributed by atoms with E-state index in [-0.39, 0.29) is 23.9 Å². The Hall–Kier alpha value is -4.25. The van der Waals surface area contributed by atoms with Crippen molar-refractivity contribution < 1.29 is 18.7 Å². The van der Waals surface area contributed by atoms with Crippen molar-refractivity contribution in [2.24, 2.45) is 5.92 Å². The molecule has 0 spiro atoms. The topological polar surface area (TPSA) is 116 Å². The number of rotatable bonds is 3. The highest BCUT2D eigenvalue weighted by atomic mass is 16.6. The maximum atomic E-state index is 12.7. The standard InChI is InChI=1S/C30H32N6O5/c1-30(2,3)41-29(38)35-15-20-13-34(14-21(20)16-35)28-32-25(19-7-9-22-18(12-19)8-10-24(37)40-22)26-27(33-28)36(17-31-26)23-6-4-5-11-39-23/h7-10,12-13,17,21,23H,4-6,11,14-16H2,1-3H3. The largest absolute Gasteiger partial charge is 0.444 e. The summed E-state index contributed by atoms with van der Waals surface area (Å²) in [5.74, 6) is 0.746. The second-order valence-electron chi connectivity index (χ2n) is 11.9. The fourth-order valence-corrected chi connectivity index (χ4v) is 5.82. The van der Waals surface area contributed by atoms with Crippen molar-refractivity contribution in [2.45, 2.75) is 51.9 Å². The number of fused-ring (bicyclic) bond motifs is 3. The minimum atomic E-state index is -0.534. The van der Waals surface area contributed by atoms with Gasteiger partial charge in [-0.15, -0.1) is 0 Å². The lowest BCUT2D eigenvalue weighted by atomic mass is 10.1. The molecule has 11 nitrogen and oxygen atoms in total. The lowest BCUT2D eigenvalue weighted by molar-refractivity contribution is -0.0298. The number of hydrogen-bond acceptors (Lipinski definition) is 9. The molecule has 0 bridgehead atoms. The summed E-state index contributed by atoms with van der Waals surface area (Å²) in [7, 11) is 0. The molecule has 41 heavy (non-hydrogen) atoms. The number of amides is 1. The highest BCUT2D eigenvalue weighted by molar-refractivity contribution is 5.92. The number of ether oxygens (including phenoxy) is 2. The molecule has 0 saturated carbocycles. The van der Waals surface area contributed by atoms with Crippen molar-refractivity contribution >= 4 is 34.2 Å². The first-order valence-electron chi connectivity index (χ1n) is 14.1. The predicted octanol–water partition coefficient (Wildman–Crippen LogP) is 4.87. The van der Waals surface area contributed by atoms with Crippen molar-refractivity contribution in [3.63, 3.8) is 0 Å². The lowest BCUT2D eigenvalue weighted by Gasteiger charge is -2.25. The maximum absolute atomic E-state index is 12.7. The molecule has 2 saturated heterocycles. The Labute approximate surface area is 236 Å². The van der Waals surface area contributed by atoms with Crippen molar-refractivity contribution in [3.8, 4) is 11.3 Å². The van der Waals surface area contributed by atoms with Gasteiger partial charge < -0.3 is 23.7 Å². The number of hydrogen-bond donors (Lipinski definition) is 0. The average molecular weight is 557 g/mol. The molecule has 2 unspecified atom stereocenters. The number of nitrogens with zero attached hydrogens (tertiary/aromatic N) is 6. The van der Waals surface area contributed by atoms with Crippen LogP contribution in [-0.4, -0.2) is 62.4 Å². The van der Waals surface area contributed by atoms with Crippen LogP contribution in [0.1, 0.15) is 46.3 Å². The molecule has 11 heteroatoms. The second kappa shape index (κ2) is 9.69. The SMILES string of the molecule is CC(C)(C)OC(=O)N1CC2=CN(c3nc(-c4ccc5oc(=O)ccc5c4)c4ncn(C5CCCCO5)c4n3)CC2C1. The fraction of sp³-hybridized carbons (Fsp3) is 0.433. The Morgan fingerprint density at radius 2 is 1.98 bits per heavy atom. The first-order chi connectivity index (χ1) is 19.7. The first-order valence-corrected chi connectivity index (χ1v) is 14.1. The van der Waals surface area contributed by atoms with Gasteiger partial charge in [-0.1, -0.05) is 0 Å². The zero-order valence-corrected chi connectivity index (χ0v) is 23.4. The molecule has 0 N–H and O–H groups in total. The summed E-state index contributed by atoms with van der Waals surface area (Å²) in [6, 6.07) is 8.80. The zero-order valence-electron chi connectivity index (χ0n) is 23.4. The number of carbonyl (C=O) groups excluding carboxylic acids is 1. The second-order valence-corrected chi connectivity index (χ2v) is 11.9. The van der Waals surface area contributed by atoms with Gasteiger partial charge in [0.05, 0.1) is 6.33 Å². The van der Waals surface area contributed by atoms with E-state index in [4.69, 9.17) is 28.8 Å². The van der Waals surface area contributed by atoms with Crippen LogP contribution in [0.5, 0.6) is 0 Å². The van der Waals surface area contributed by atoms with Crippen molar-refractivity contribution in [2.75, 3.05) is 31.1 Å². The van der Waals surface area contributed by atoms with Crippen LogP contribution in [0, 0.1) is 5.92 Å². The zero-order chi connectivity index (χ0) is 28.3. The third kappa shape index (κ3) is 4.84. The van der Waals surface area contributed by atoms with Crippen LogP contribution in [0.15, 0.2) is 57.6 Å². The number of carbonyl (C=O) groups is 1. The van der Waals surface area contributed by atoms with E-state index in [1.807, 2.05) is 37.5 Å². The Kier molecular flexibility index (Phi) is 6.07. The van der Waals surface area contributed by atoms with Gasteiger partial charge in [0.1, 0.15) is 28.6 Å².